The average molecular weight is 241 g/mol. The molecule has 0 aromatic carbocycles. The van der Waals surface area contributed by atoms with Crippen LogP contribution in [0, 0.1) is 5.92 Å². The Kier molecular flexibility index (Phi) is 4.20. The number of aromatic nitrogens is 1. The molecule has 0 bridgehead atoms. The molecule has 1 aromatic heterocycles. The van der Waals surface area contributed by atoms with Gasteiger partial charge < -0.3 is 4.79 Å². The number of carbonyl (C=O) groups is 1. The van der Waals surface area contributed by atoms with Crippen molar-refractivity contribution >= 4 is 29.4 Å². The first-order chi connectivity index (χ1) is 7.38. The monoisotopic (exact) mass is 241 g/mol. The lowest BCUT2D eigenvalue weighted by Crippen LogP contribution is -2.13. The molecule has 1 aliphatic heterocycles. The maximum atomic E-state index is 10.3. The van der Waals surface area contributed by atoms with Gasteiger partial charge in [0.2, 0.25) is 0 Å². The maximum absolute atomic E-state index is 10.3. The van der Waals surface area contributed by atoms with E-state index in [1.807, 2.05) is 5.38 Å². The molecule has 0 aliphatic carbocycles. The van der Waals surface area contributed by atoms with Gasteiger partial charge >= 0.3 is 0 Å². The number of hydrogen-bond donors (Lipinski definition) is 0. The number of carbonyl (C=O) groups excluding carboxylic acids is 1. The third-order valence-electron chi connectivity index (χ3n) is 2.61. The van der Waals surface area contributed by atoms with Crippen LogP contribution in [0.1, 0.15) is 23.5 Å². The van der Waals surface area contributed by atoms with Gasteiger partial charge in [-0.2, -0.15) is 11.8 Å². The number of hydrogen-bond acceptors (Lipinski definition) is 4. The Hall–Kier alpha value is -0.350. The first-order valence-corrected chi connectivity index (χ1v) is 7.36. The molecular weight excluding hydrogens is 226 g/mol. The molecular formula is C11H15NOS2. The number of rotatable bonds is 4. The van der Waals surface area contributed by atoms with E-state index in [0.29, 0.717) is 6.42 Å². The van der Waals surface area contributed by atoms with E-state index in [9.17, 15) is 4.79 Å². The predicted octanol–water partition coefficient (Wildman–Crippen LogP) is 2.57. The minimum Gasteiger partial charge on any atom is -0.303 e. The Labute approximate surface area is 98.5 Å². The van der Waals surface area contributed by atoms with Crippen molar-refractivity contribution in [2.24, 2.45) is 5.92 Å². The number of aldehydes is 1. The zero-order valence-corrected chi connectivity index (χ0v) is 10.3. The topological polar surface area (TPSA) is 30.0 Å². The Bertz CT molecular complexity index is 318. The molecule has 2 heterocycles. The fraction of sp³-hybridized carbons (Fsp3) is 0.636. The van der Waals surface area contributed by atoms with Gasteiger partial charge in [-0.3, -0.25) is 0 Å². The van der Waals surface area contributed by atoms with E-state index in [-0.39, 0.29) is 0 Å². The molecule has 1 saturated heterocycles. The Morgan fingerprint density at radius 2 is 2.53 bits per heavy atom. The second kappa shape index (κ2) is 5.66. The molecule has 0 N–H and O–H groups in total. The van der Waals surface area contributed by atoms with Gasteiger partial charge in [-0.25, -0.2) is 4.98 Å². The maximum Gasteiger partial charge on any atom is 0.125 e. The highest BCUT2D eigenvalue weighted by Gasteiger charge is 2.15. The standard InChI is InChI=1S/C11H15NOS2/c13-4-3-10-8-15-11(12-10)6-9-2-1-5-14-7-9/h4,8-9H,1-3,5-7H2. The largest absolute Gasteiger partial charge is 0.303 e. The highest BCUT2D eigenvalue weighted by molar-refractivity contribution is 7.99. The molecule has 1 atom stereocenters. The van der Waals surface area contributed by atoms with Gasteiger partial charge in [0.15, 0.2) is 0 Å². The van der Waals surface area contributed by atoms with Crippen molar-refractivity contribution in [3.8, 4) is 0 Å². The summed E-state index contributed by atoms with van der Waals surface area (Å²) in [4.78, 5) is 14.8. The van der Waals surface area contributed by atoms with Gasteiger partial charge in [0.1, 0.15) is 6.29 Å². The van der Waals surface area contributed by atoms with Crippen LogP contribution < -0.4 is 0 Å². The summed E-state index contributed by atoms with van der Waals surface area (Å²) in [5, 5.41) is 3.22. The van der Waals surface area contributed by atoms with Crippen molar-refractivity contribution in [2.75, 3.05) is 11.5 Å². The normalized spacial score (nSPS) is 21.5. The molecule has 82 valence electrons. The molecule has 1 unspecified atom stereocenters. The summed E-state index contributed by atoms with van der Waals surface area (Å²) in [5.74, 6) is 3.41. The van der Waals surface area contributed by atoms with Crippen LogP contribution in [-0.2, 0) is 17.6 Å². The summed E-state index contributed by atoms with van der Waals surface area (Å²) < 4.78 is 0. The van der Waals surface area contributed by atoms with Crippen molar-refractivity contribution in [3.63, 3.8) is 0 Å². The number of thiazole rings is 1. The third-order valence-corrected chi connectivity index (χ3v) is 4.81. The summed E-state index contributed by atoms with van der Waals surface area (Å²) in [6.07, 6.45) is 5.19. The van der Waals surface area contributed by atoms with E-state index < -0.39 is 0 Å². The highest BCUT2D eigenvalue weighted by atomic mass is 32.2. The van der Waals surface area contributed by atoms with Crippen LogP contribution in [0.5, 0.6) is 0 Å². The van der Waals surface area contributed by atoms with Gasteiger partial charge in [0, 0.05) is 18.2 Å². The van der Waals surface area contributed by atoms with E-state index in [4.69, 9.17) is 0 Å². The van der Waals surface area contributed by atoms with Gasteiger partial charge in [0.05, 0.1) is 10.7 Å². The minimum absolute atomic E-state index is 0.468. The smallest absolute Gasteiger partial charge is 0.125 e. The fourth-order valence-electron chi connectivity index (χ4n) is 1.84. The lowest BCUT2D eigenvalue weighted by Gasteiger charge is -2.19. The van der Waals surface area contributed by atoms with Crippen molar-refractivity contribution in [1.82, 2.24) is 4.98 Å². The zero-order chi connectivity index (χ0) is 10.5. The summed E-state index contributed by atoms with van der Waals surface area (Å²) in [6.45, 7) is 0. The van der Waals surface area contributed by atoms with Crippen LogP contribution in [-0.4, -0.2) is 22.8 Å². The van der Waals surface area contributed by atoms with Crippen LogP contribution in [0.25, 0.3) is 0 Å². The molecule has 15 heavy (non-hydrogen) atoms. The third kappa shape index (κ3) is 3.31. The van der Waals surface area contributed by atoms with Crippen LogP contribution in [0.15, 0.2) is 5.38 Å². The summed E-state index contributed by atoms with van der Waals surface area (Å²) in [6, 6.07) is 0. The quantitative estimate of drug-likeness (QED) is 0.759. The van der Waals surface area contributed by atoms with Crippen molar-refractivity contribution in [1.29, 1.82) is 0 Å². The van der Waals surface area contributed by atoms with Crippen LogP contribution in [0.3, 0.4) is 0 Å². The zero-order valence-electron chi connectivity index (χ0n) is 8.65. The first-order valence-electron chi connectivity index (χ1n) is 5.33. The Balaban J connectivity index is 1.88. The number of thioether (sulfide) groups is 1. The molecule has 0 saturated carbocycles. The molecule has 2 nitrogen and oxygen atoms in total. The summed E-state index contributed by atoms with van der Waals surface area (Å²) in [5.41, 5.74) is 0.938. The fourth-order valence-corrected chi connectivity index (χ4v) is 3.92. The lowest BCUT2D eigenvalue weighted by molar-refractivity contribution is -0.107. The molecule has 0 amide bonds. The van der Waals surface area contributed by atoms with E-state index >= 15 is 0 Å². The molecule has 2 rings (SSSR count). The predicted molar refractivity (Wildman–Crippen MR) is 65.6 cm³/mol. The van der Waals surface area contributed by atoms with E-state index in [2.05, 4.69) is 16.7 Å². The summed E-state index contributed by atoms with van der Waals surface area (Å²) >= 11 is 3.76. The Morgan fingerprint density at radius 1 is 1.60 bits per heavy atom. The molecule has 4 heteroatoms. The van der Waals surface area contributed by atoms with Gasteiger partial charge in [-0.15, -0.1) is 11.3 Å². The second-order valence-corrected chi connectivity index (χ2v) is 5.98. The second-order valence-electron chi connectivity index (χ2n) is 3.89. The van der Waals surface area contributed by atoms with E-state index in [0.717, 1.165) is 24.3 Å². The Morgan fingerprint density at radius 3 is 3.27 bits per heavy atom. The van der Waals surface area contributed by atoms with Gasteiger partial charge in [0.25, 0.3) is 0 Å². The van der Waals surface area contributed by atoms with Crippen LogP contribution in [0.4, 0.5) is 0 Å². The molecule has 0 radical (unpaired) electrons. The van der Waals surface area contributed by atoms with Gasteiger partial charge in [-0.05, 0) is 30.3 Å². The molecule has 1 aromatic rings. The average Bonchev–Trinajstić information content (AvgIpc) is 2.68. The molecule has 0 spiro atoms. The number of nitrogens with zero attached hydrogens (tertiary/aromatic N) is 1. The minimum atomic E-state index is 0.468. The van der Waals surface area contributed by atoms with Crippen molar-refractivity contribution in [2.45, 2.75) is 25.7 Å². The van der Waals surface area contributed by atoms with Crippen molar-refractivity contribution < 1.29 is 4.79 Å². The van der Waals surface area contributed by atoms with Crippen molar-refractivity contribution in [3.05, 3.63) is 16.1 Å². The van der Waals surface area contributed by atoms with E-state index in [1.54, 1.807) is 11.3 Å². The first kappa shape index (κ1) is 11.1. The van der Waals surface area contributed by atoms with E-state index in [1.165, 1.54) is 29.4 Å². The van der Waals surface area contributed by atoms with Crippen LogP contribution in [0.2, 0.25) is 0 Å². The molecule has 1 aliphatic rings. The van der Waals surface area contributed by atoms with Crippen LogP contribution >= 0.6 is 23.1 Å². The SMILES string of the molecule is O=CCc1csc(CC2CCCSC2)n1. The summed E-state index contributed by atoms with van der Waals surface area (Å²) in [7, 11) is 0. The highest BCUT2D eigenvalue weighted by Crippen LogP contribution is 2.26. The van der Waals surface area contributed by atoms with Gasteiger partial charge in [-0.1, -0.05) is 0 Å². The molecule has 1 fully saturated rings. The lowest BCUT2D eigenvalue weighted by atomic mass is 10.0.